The highest BCUT2D eigenvalue weighted by Gasteiger charge is 2.18. The molecule has 0 amide bonds. The Balaban J connectivity index is 1.85. The molecule has 3 heterocycles. The van der Waals surface area contributed by atoms with Crippen LogP contribution in [0.1, 0.15) is 0 Å². The van der Waals surface area contributed by atoms with Gasteiger partial charge in [0.25, 0.3) is 10.0 Å². The predicted octanol–water partition coefficient (Wildman–Crippen LogP) is 1.67. The second kappa shape index (κ2) is 4.76. The first-order chi connectivity index (χ1) is 9.54. The van der Waals surface area contributed by atoms with Crippen molar-refractivity contribution in [1.82, 2.24) is 19.7 Å². The Morgan fingerprint density at radius 3 is 2.95 bits per heavy atom. The lowest BCUT2D eigenvalue weighted by Crippen LogP contribution is -2.13. The molecule has 7 nitrogen and oxygen atoms in total. The van der Waals surface area contributed by atoms with Gasteiger partial charge in [-0.05, 0) is 11.4 Å². The third kappa shape index (κ3) is 2.45. The largest absolute Gasteiger partial charge is 0.339 e. The summed E-state index contributed by atoms with van der Waals surface area (Å²) in [6, 6.07) is 5.49. The number of thiophene rings is 1. The number of H-pyrrole nitrogens is 1. The molecule has 3 rings (SSSR count). The monoisotopic (exact) mass is 309 g/mol. The maximum atomic E-state index is 12.1. The first kappa shape index (κ1) is 12.9. The van der Waals surface area contributed by atoms with E-state index in [0.717, 1.165) is 10.6 Å². The zero-order valence-electron chi connectivity index (χ0n) is 10.4. The van der Waals surface area contributed by atoms with Gasteiger partial charge in [-0.2, -0.15) is 13.5 Å². The van der Waals surface area contributed by atoms with Crippen LogP contribution in [0, 0.1) is 0 Å². The van der Waals surface area contributed by atoms with Gasteiger partial charge >= 0.3 is 0 Å². The molecule has 0 saturated carbocycles. The van der Waals surface area contributed by atoms with Crippen molar-refractivity contribution in [3.63, 3.8) is 0 Å². The molecule has 0 saturated heterocycles. The average Bonchev–Trinajstić information content (AvgIpc) is 3.06. The van der Waals surface area contributed by atoms with E-state index in [1.54, 1.807) is 29.0 Å². The number of aromatic amines is 1. The predicted molar refractivity (Wildman–Crippen MR) is 75.9 cm³/mol. The maximum absolute atomic E-state index is 12.1. The molecule has 3 aromatic rings. The molecule has 0 fully saturated rings. The van der Waals surface area contributed by atoms with Gasteiger partial charge in [-0.3, -0.25) is 9.82 Å². The summed E-state index contributed by atoms with van der Waals surface area (Å²) in [6.07, 6.45) is 2.85. The Labute approximate surface area is 119 Å². The minimum atomic E-state index is -3.71. The second-order valence-corrected chi connectivity index (χ2v) is 6.70. The quantitative estimate of drug-likeness (QED) is 0.766. The van der Waals surface area contributed by atoms with Crippen LogP contribution < -0.4 is 4.72 Å². The highest BCUT2D eigenvalue weighted by atomic mass is 32.2. The Hall–Kier alpha value is -2.13. The minimum absolute atomic E-state index is 0.0410. The van der Waals surface area contributed by atoms with Gasteiger partial charge in [0.2, 0.25) is 0 Å². The number of nitrogens with zero attached hydrogens (tertiary/aromatic N) is 3. The second-order valence-electron chi connectivity index (χ2n) is 4.13. The molecule has 20 heavy (non-hydrogen) atoms. The van der Waals surface area contributed by atoms with Crippen molar-refractivity contribution in [1.29, 1.82) is 0 Å². The van der Waals surface area contributed by atoms with Crippen molar-refractivity contribution in [3.8, 4) is 10.6 Å². The molecule has 0 atom stereocenters. The van der Waals surface area contributed by atoms with Crippen LogP contribution in [-0.4, -0.2) is 28.2 Å². The lowest BCUT2D eigenvalue weighted by molar-refractivity contribution is 0.598. The molecule has 2 N–H and O–H groups in total. The molecular weight excluding hydrogens is 298 g/mol. The molecule has 0 spiro atoms. The maximum Gasteiger partial charge on any atom is 0.282 e. The number of rotatable bonds is 4. The van der Waals surface area contributed by atoms with E-state index >= 15 is 0 Å². The van der Waals surface area contributed by atoms with Crippen LogP contribution in [0.3, 0.4) is 0 Å². The van der Waals surface area contributed by atoms with E-state index in [0.29, 0.717) is 0 Å². The van der Waals surface area contributed by atoms with E-state index in [2.05, 4.69) is 19.9 Å². The molecular formula is C11H11N5O2S2. The van der Waals surface area contributed by atoms with Crippen LogP contribution in [-0.2, 0) is 17.1 Å². The van der Waals surface area contributed by atoms with Crippen LogP contribution in [0.15, 0.2) is 41.1 Å². The number of hydrogen-bond acceptors (Lipinski definition) is 5. The normalized spacial score (nSPS) is 11.7. The fourth-order valence-electron chi connectivity index (χ4n) is 1.65. The van der Waals surface area contributed by atoms with Crippen LogP contribution in [0.2, 0.25) is 0 Å². The summed E-state index contributed by atoms with van der Waals surface area (Å²) in [6.45, 7) is 0. The number of nitrogens with one attached hydrogen (secondary N) is 2. The van der Waals surface area contributed by atoms with E-state index in [4.69, 9.17) is 0 Å². The number of aromatic nitrogens is 4. The summed E-state index contributed by atoms with van der Waals surface area (Å²) < 4.78 is 28.1. The van der Waals surface area contributed by atoms with Crippen LogP contribution in [0.5, 0.6) is 0 Å². The SMILES string of the molecule is Cn1cnc(S(=O)(=O)Nc2cc(-c3cccs3)[nH]n2)c1. The van der Waals surface area contributed by atoms with E-state index < -0.39 is 10.0 Å². The lowest BCUT2D eigenvalue weighted by atomic mass is 10.3. The summed E-state index contributed by atoms with van der Waals surface area (Å²) in [5.74, 6) is 0.235. The molecule has 0 aromatic carbocycles. The highest BCUT2D eigenvalue weighted by molar-refractivity contribution is 7.92. The summed E-state index contributed by atoms with van der Waals surface area (Å²) in [5, 5.41) is 8.64. The van der Waals surface area contributed by atoms with E-state index in [1.807, 2.05) is 17.5 Å². The topological polar surface area (TPSA) is 92.7 Å². The fraction of sp³-hybridized carbons (Fsp3) is 0.0909. The fourth-order valence-corrected chi connectivity index (χ4v) is 3.32. The average molecular weight is 309 g/mol. The molecule has 3 aromatic heterocycles. The van der Waals surface area contributed by atoms with Gasteiger partial charge < -0.3 is 4.57 Å². The molecule has 0 radical (unpaired) electrons. The minimum Gasteiger partial charge on any atom is -0.339 e. The van der Waals surface area contributed by atoms with Crippen molar-refractivity contribution in [2.75, 3.05) is 4.72 Å². The van der Waals surface area contributed by atoms with Gasteiger partial charge in [-0.15, -0.1) is 11.3 Å². The molecule has 0 aliphatic rings. The Kier molecular flexibility index (Phi) is 3.07. The molecule has 0 bridgehead atoms. The lowest BCUT2D eigenvalue weighted by Gasteiger charge is -2.00. The number of anilines is 1. The number of sulfonamides is 1. The van der Waals surface area contributed by atoms with Crippen molar-refractivity contribution in [2.24, 2.45) is 7.05 Å². The highest BCUT2D eigenvalue weighted by Crippen LogP contribution is 2.25. The number of aryl methyl sites for hydroxylation is 1. The zero-order valence-corrected chi connectivity index (χ0v) is 12.1. The molecule has 9 heteroatoms. The van der Waals surface area contributed by atoms with E-state index in [1.165, 1.54) is 12.5 Å². The molecule has 0 aliphatic carbocycles. The van der Waals surface area contributed by atoms with Crippen molar-refractivity contribution >= 4 is 27.2 Å². The number of hydrogen-bond donors (Lipinski definition) is 2. The summed E-state index contributed by atoms with van der Waals surface area (Å²) >= 11 is 1.54. The van der Waals surface area contributed by atoms with E-state index in [9.17, 15) is 8.42 Å². The van der Waals surface area contributed by atoms with Crippen LogP contribution >= 0.6 is 11.3 Å². The number of imidazole rings is 1. The third-order valence-corrected chi connectivity index (χ3v) is 4.70. The first-order valence-corrected chi connectivity index (χ1v) is 8.01. The van der Waals surface area contributed by atoms with Crippen molar-refractivity contribution < 1.29 is 8.42 Å². The van der Waals surface area contributed by atoms with Gasteiger partial charge in [0.05, 0.1) is 16.9 Å². The van der Waals surface area contributed by atoms with Gasteiger partial charge in [0.15, 0.2) is 10.8 Å². The third-order valence-electron chi connectivity index (χ3n) is 2.56. The summed E-state index contributed by atoms with van der Waals surface area (Å²) in [5.41, 5.74) is 0.763. The van der Waals surface area contributed by atoms with Crippen LogP contribution in [0.25, 0.3) is 10.6 Å². The summed E-state index contributed by atoms with van der Waals surface area (Å²) in [7, 11) is -2.01. The Morgan fingerprint density at radius 2 is 2.30 bits per heavy atom. The van der Waals surface area contributed by atoms with Gasteiger partial charge in [0, 0.05) is 19.3 Å². The first-order valence-electron chi connectivity index (χ1n) is 5.65. The molecule has 0 unspecified atom stereocenters. The Morgan fingerprint density at radius 1 is 1.45 bits per heavy atom. The van der Waals surface area contributed by atoms with Crippen LogP contribution in [0.4, 0.5) is 5.82 Å². The summed E-state index contributed by atoms with van der Waals surface area (Å²) in [4.78, 5) is 4.80. The zero-order chi connectivity index (χ0) is 14.2. The van der Waals surface area contributed by atoms with Crippen molar-refractivity contribution in [3.05, 3.63) is 36.1 Å². The Bertz CT molecular complexity index is 817. The molecule has 0 aliphatic heterocycles. The molecule has 104 valence electrons. The smallest absolute Gasteiger partial charge is 0.282 e. The van der Waals surface area contributed by atoms with Gasteiger partial charge in [-0.25, -0.2) is 4.98 Å². The van der Waals surface area contributed by atoms with E-state index in [-0.39, 0.29) is 10.8 Å². The van der Waals surface area contributed by atoms with Gasteiger partial charge in [-0.1, -0.05) is 6.07 Å². The van der Waals surface area contributed by atoms with Crippen molar-refractivity contribution in [2.45, 2.75) is 5.03 Å². The standard InChI is InChI=1S/C11H11N5O2S2/c1-16-6-11(12-7-16)20(17,18)15-10-5-8(13-14-10)9-3-2-4-19-9/h2-7H,1H3,(H2,13,14,15). The van der Waals surface area contributed by atoms with Gasteiger partial charge in [0.1, 0.15) is 0 Å².